The molecule has 2 aromatic rings. The lowest BCUT2D eigenvalue weighted by Crippen LogP contribution is -2.15. The highest BCUT2D eigenvalue weighted by Gasteiger charge is 2.30. The normalized spacial score (nSPS) is 15.6. The Balaban J connectivity index is 1.89. The summed E-state index contributed by atoms with van der Waals surface area (Å²) >= 11 is 0. The van der Waals surface area contributed by atoms with Gasteiger partial charge in [0.2, 0.25) is 0 Å². The summed E-state index contributed by atoms with van der Waals surface area (Å²) in [6.07, 6.45) is -2.01. The molecular weight excluding hydrogens is 357 g/mol. The molecular formula is C21H17F3O3. The first-order chi connectivity index (χ1) is 12.8. The molecule has 6 heteroatoms. The van der Waals surface area contributed by atoms with Crippen LogP contribution in [0.1, 0.15) is 50.8 Å². The number of carbonyl (C=O) groups is 2. The van der Waals surface area contributed by atoms with Crippen LogP contribution in [-0.4, -0.2) is 18.4 Å². The number of aryl methyl sites for hydroxylation is 1. The minimum Gasteiger partial charge on any atom is -0.462 e. The van der Waals surface area contributed by atoms with Crippen LogP contribution in [0.2, 0.25) is 0 Å². The number of hydrogen-bond donors (Lipinski definition) is 0. The maximum Gasteiger partial charge on any atom is 0.416 e. The molecule has 1 aliphatic carbocycles. The number of allylic oxidation sites excluding steroid dienone is 1. The highest BCUT2D eigenvalue weighted by Crippen LogP contribution is 2.31. The summed E-state index contributed by atoms with van der Waals surface area (Å²) in [5.41, 5.74) is 1.62. The summed E-state index contributed by atoms with van der Waals surface area (Å²) in [5.74, 6) is -0.679. The van der Waals surface area contributed by atoms with Gasteiger partial charge >= 0.3 is 12.1 Å². The number of fused-ring (bicyclic) bond motifs is 1. The molecule has 0 heterocycles. The van der Waals surface area contributed by atoms with Gasteiger partial charge in [0.15, 0.2) is 5.78 Å². The van der Waals surface area contributed by atoms with Crippen LogP contribution in [0.5, 0.6) is 0 Å². The third-order valence-corrected chi connectivity index (χ3v) is 4.37. The number of rotatable bonds is 3. The van der Waals surface area contributed by atoms with Crippen LogP contribution in [0.4, 0.5) is 13.2 Å². The average Bonchev–Trinajstić information content (AvgIpc) is 2.63. The van der Waals surface area contributed by atoms with Gasteiger partial charge in [0.25, 0.3) is 0 Å². The quantitative estimate of drug-likeness (QED) is 0.555. The molecule has 0 radical (unpaired) electrons. The summed E-state index contributed by atoms with van der Waals surface area (Å²) in [6, 6.07) is 9.63. The van der Waals surface area contributed by atoms with E-state index in [0.29, 0.717) is 35.1 Å². The number of ether oxygens (including phenoxy) is 1. The number of hydrogen-bond acceptors (Lipinski definition) is 3. The first-order valence-electron chi connectivity index (χ1n) is 8.52. The summed E-state index contributed by atoms with van der Waals surface area (Å²) in [6.45, 7) is 1.98. The van der Waals surface area contributed by atoms with Crippen LogP contribution in [0.25, 0.3) is 6.08 Å². The molecule has 3 rings (SSSR count). The van der Waals surface area contributed by atoms with Gasteiger partial charge < -0.3 is 4.74 Å². The van der Waals surface area contributed by atoms with Crippen LogP contribution in [0.3, 0.4) is 0 Å². The summed E-state index contributed by atoms with van der Waals surface area (Å²) in [4.78, 5) is 24.5. The molecule has 140 valence electrons. The fourth-order valence-corrected chi connectivity index (χ4v) is 3.06. The van der Waals surface area contributed by atoms with Crippen molar-refractivity contribution in [2.75, 3.05) is 6.61 Å². The van der Waals surface area contributed by atoms with Gasteiger partial charge in [-0.25, -0.2) is 4.79 Å². The van der Waals surface area contributed by atoms with Crippen molar-refractivity contribution >= 4 is 17.8 Å². The Kier molecular flexibility index (Phi) is 5.17. The Morgan fingerprint density at radius 2 is 1.93 bits per heavy atom. The van der Waals surface area contributed by atoms with Crippen molar-refractivity contribution in [2.24, 2.45) is 0 Å². The lowest BCUT2D eigenvalue weighted by Gasteiger charge is -2.18. The Morgan fingerprint density at radius 1 is 1.15 bits per heavy atom. The molecule has 0 spiro atoms. The van der Waals surface area contributed by atoms with Gasteiger partial charge in [0.05, 0.1) is 17.7 Å². The Bertz CT molecular complexity index is 927. The Labute approximate surface area is 154 Å². The van der Waals surface area contributed by atoms with Gasteiger partial charge in [0.1, 0.15) is 0 Å². The minimum absolute atomic E-state index is 0.232. The van der Waals surface area contributed by atoms with Crippen molar-refractivity contribution in [1.29, 1.82) is 0 Å². The van der Waals surface area contributed by atoms with Gasteiger partial charge in [-0.3, -0.25) is 4.79 Å². The van der Waals surface area contributed by atoms with E-state index in [0.717, 1.165) is 17.7 Å². The predicted octanol–water partition coefficient (Wildman–Crippen LogP) is 5.09. The van der Waals surface area contributed by atoms with E-state index in [1.807, 2.05) is 0 Å². The van der Waals surface area contributed by atoms with Gasteiger partial charge in [-0.05, 0) is 67.3 Å². The zero-order valence-electron chi connectivity index (χ0n) is 14.6. The van der Waals surface area contributed by atoms with E-state index in [-0.39, 0.29) is 12.4 Å². The molecule has 0 bridgehead atoms. The molecule has 0 N–H and O–H groups in total. The number of carbonyl (C=O) groups excluding carboxylic acids is 2. The summed E-state index contributed by atoms with van der Waals surface area (Å²) < 4.78 is 43.5. The van der Waals surface area contributed by atoms with E-state index in [2.05, 4.69) is 0 Å². The second-order valence-corrected chi connectivity index (χ2v) is 6.21. The van der Waals surface area contributed by atoms with Gasteiger partial charge in [-0.1, -0.05) is 12.1 Å². The molecule has 3 nitrogen and oxygen atoms in total. The van der Waals surface area contributed by atoms with Crippen LogP contribution >= 0.6 is 0 Å². The van der Waals surface area contributed by atoms with Crippen molar-refractivity contribution in [2.45, 2.75) is 25.9 Å². The average molecular weight is 374 g/mol. The molecule has 0 aliphatic heterocycles. The zero-order valence-corrected chi connectivity index (χ0v) is 14.6. The molecule has 0 amide bonds. The molecule has 1 aliphatic rings. The number of halogens is 3. The second kappa shape index (κ2) is 7.39. The van der Waals surface area contributed by atoms with Crippen LogP contribution in [-0.2, 0) is 17.3 Å². The maximum atomic E-state index is 12.9. The monoisotopic (exact) mass is 374 g/mol. The fourth-order valence-electron chi connectivity index (χ4n) is 3.06. The molecule has 2 aromatic carbocycles. The first-order valence-corrected chi connectivity index (χ1v) is 8.52. The molecule has 0 fully saturated rings. The van der Waals surface area contributed by atoms with E-state index < -0.39 is 17.7 Å². The van der Waals surface area contributed by atoms with Crippen LogP contribution < -0.4 is 0 Å². The number of benzene rings is 2. The van der Waals surface area contributed by atoms with E-state index in [1.165, 1.54) is 24.3 Å². The van der Waals surface area contributed by atoms with Crippen LogP contribution in [0.15, 0.2) is 48.0 Å². The second-order valence-electron chi connectivity index (χ2n) is 6.21. The largest absolute Gasteiger partial charge is 0.462 e. The van der Waals surface area contributed by atoms with Crippen LogP contribution in [0, 0.1) is 0 Å². The van der Waals surface area contributed by atoms with Crippen molar-refractivity contribution in [1.82, 2.24) is 0 Å². The van der Waals surface area contributed by atoms with Crippen molar-refractivity contribution in [3.8, 4) is 0 Å². The van der Waals surface area contributed by atoms with E-state index in [4.69, 9.17) is 4.74 Å². The molecule has 27 heavy (non-hydrogen) atoms. The summed E-state index contributed by atoms with van der Waals surface area (Å²) in [7, 11) is 0. The number of esters is 1. The highest BCUT2D eigenvalue weighted by atomic mass is 19.4. The Hall–Kier alpha value is -2.89. The van der Waals surface area contributed by atoms with Gasteiger partial charge in [-0.15, -0.1) is 0 Å². The van der Waals surface area contributed by atoms with E-state index in [9.17, 15) is 22.8 Å². The number of ketones is 1. The van der Waals surface area contributed by atoms with E-state index >= 15 is 0 Å². The van der Waals surface area contributed by atoms with Crippen molar-refractivity contribution < 1.29 is 27.5 Å². The molecule has 0 unspecified atom stereocenters. The number of alkyl halides is 3. The highest BCUT2D eigenvalue weighted by molar-refractivity contribution is 6.13. The topological polar surface area (TPSA) is 43.4 Å². The summed E-state index contributed by atoms with van der Waals surface area (Å²) in [5, 5.41) is 0. The van der Waals surface area contributed by atoms with Crippen molar-refractivity contribution in [3.63, 3.8) is 0 Å². The lowest BCUT2D eigenvalue weighted by atomic mass is 9.85. The molecule has 0 aromatic heterocycles. The minimum atomic E-state index is -4.43. The lowest BCUT2D eigenvalue weighted by molar-refractivity contribution is -0.137. The maximum absolute atomic E-state index is 12.9. The third-order valence-electron chi connectivity index (χ3n) is 4.37. The SMILES string of the molecule is CCOC(=O)c1ccc2c(c1)CCC(=Cc1cccc(C(F)(F)F)c1)C2=O. The molecule has 0 saturated carbocycles. The molecule has 0 saturated heterocycles. The molecule has 0 atom stereocenters. The smallest absolute Gasteiger partial charge is 0.416 e. The standard InChI is InChI=1S/C21H17F3O3/c1-2-27-20(26)16-8-9-18-14(12-16)6-7-15(19(18)25)10-13-4-3-5-17(11-13)21(22,23)24/h3-5,8-12H,2,6-7H2,1H3. The number of Topliss-reactive ketones (excluding diaryl/α,β-unsaturated/α-hetero) is 1. The first kappa shape index (κ1) is 18.9. The predicted molar refractivity (Wildman–Crippen MR) is 94.5 cm³/mol. The Morgan fingerprint density at radius 3 is 2.63 bits per heavy atom. The fraction of sp³-hybridized carbons (Fsp3) is 0.238. The third kappa shape index (κ3) is 4.10. The zero-order chi connectivity index (χ0) is 19.6. The van der Waals surface area contributed by atoms with Crippen molar-refractivity contribution in [3.05, 3.63) is 75.9 Å². The van der Waals surface area contributed by atoms with E-state index in [1.54, 1.807) is 19.1 Å². The van der Waals surface area contributed by atoms with Gasteiger partial charge in [0, 0.05) is 11.1 Å². The van der Waals surface area contributed by atoms with Gasteiger partial charge in [-0.2, -0.15) is 13.2 Å².